The maximum atomic E-state index is 12.2. The summed E-state index contributed by atoms with van der Waals surface area (Å²) in [5.41, 5.74) is -0.740. The van der Waals surface area contributed by atoms with E-state index in [4.69, 9.17) is 16.3 Å². The van der Waals surface area contributed by atoms with Crippen LogP contribution in [-0.2, 0) is 11.3 Å². The van der Waals surface area contributed by atoms with Gasteiger partial charge in [0.15, 0.2) is 0 Å². The molecule has 12 heteroatoms. The van der Waals surface area contributed by atoms with Gasteiger partial charge in [-0.15, -0.1) is 11.3 Å². The van der Waals surface area contributed by atoms with E-state index in [1.807, 2.05) is 11.4 Å². The summed E-state index contributed by atoms with van der Waals surface area (Å²) < 4.78 is 5.13. The van der Waals surface area contributed by atoms with E-state index in [1.165, 1.54) is 23.3 Å². The van der Waals surface area contributed by atoms with Crippen molar-refractivity contribution in [1.29, 1.82) is 0 Å². The molecule has 10 nitrogen and oxygen atoms in total. The van der Waals surface area contributed by atoms with Crippen LogP contribution in [0.2, 0.25) is 5.02 Å². The summed E-state index contributed by atoms with van der Waals surface area (Å²) in [5.74, 6) is -0.409. The number of ether oxygens (including phenoxy) is 1. The number of benzene rings is 1. The van der Waals surface area contributed by atoms with Crippen LogP contribution in [0.4, 0.5) is 5.95 Å². The van der Waals surface area contributed by atoms with Crippen LogP contribution in [0.5, 0.6) is 5.75 Å². The highest BCUT2D eigenvalue weighted by Gasteiger charge is 2.50. The maximum absolute atomic E-state index is 12.2. The number of anilines is 1. The van der Waals surface area contributed by atoms with Crippen LogP contribution in [0.3, 0.4) is 0 Å². The molecule has 2 atom stereocenters. The number of aliphatic carboxylic acids is 1. The summed E-state index contributed by atoms with van der Waals surface area (Å²) in [7, 11) is 1.50. The highest BCUT2D eigenvalue weighted by atomic mass is 35.5. The molecule has 3 heterocycles. The number of fused-ring (bicyclic) bond motifs is 1. The molecule has 0 radical (unpaired) electrons. The minimum Gasteiger partial charge on any atom is -0.495 e. The van der Waals surface area contributed by atoms with E-state index in [2.05, 4.69) is 15.3 Å². The molecule has 2 N–H and O–H groups in total. The first-order chi connectivity index (χ1) is 15.3. The summed E-state index contributed by atoms with van der Waals surface area (Å²) >= 11 is 7.57. The van der Waals surface area contributed by atoms with E-state index in [9.17, 15) is 20.0 Å². The smallest absolute Gasteiger partial charge is 0.324 e. The fourth-order valence-electron chi connectivity index (χ4n) is 3.81. The number of halogens is 1. The Hall–Kier alpha value is -3.02. The second-order valence-corrected chi connectivity index (χ2v) is 8.78. The van der Waals surface area contributed by atoms with Crippen molar-refractivity contribution in [2.75, 3.05) is 18.6 Å². The van der Waals surface area contributed by atoms with Crippen molar-refractivity contribution in [1.82, 2.24) is 15.3 Å². The van der Waals surface area contributed by atoms with E-state index in [1.54, 1.807) is 24.4 Å². The average molecular weight is 478 g/mol. The molecule has 0 amide bonds. The number of nitrogens with one attached hydrogen (secondary N) is 1. The minimum absolute atomic E-state index is 0.116. The zero-order valence-corrected chi connectivity index (χ0v) is 18.6. The van der Waals surface area contributed by atoms with Gasteiger partial charge >= 0.3 is 5.97 Å². The number of nitrogens with zero attached hydrogens (tertiary/aromatic N) is 4. The van der Waals surface area contributed by atoms with E-state index in [-0.39, 0.29) is 31.9 Å². The predicted octanol–water partition coefficient (Wildman–Crippen LogP) is 3.17. The number of hydrogen-bond acceptors (Lipinski definition) is 9. The van der Waals surface area contributed by atoms with Crippen molar-refractivity contribution in [2.45, 2.75) is 31.1 Å². The highest BCUT2D eigenvalue weighted by molar-refractivity contribution is 7.16. The van der Waals surface area contributed by atoms with Gasteiger partial charge in [-0.3, -0.25) is 25.1 Å². The Kier molecular flexibility index (Phi) is 6.13. The van der Waals surface area contributed by atoms with Gasteiger partial charge in [0.25, 0.3) is 6.17 Å². The molecule has 1 saturated heterocycles. The Morgan fingerprint density at radius 3 is 3.00 bits per heavy atom. The van der Waals surface area contributed by atoms with E-state index >= 15 is 0 Å². The third-order valence-corrected chi connectivity index (χ3v) is 6.74. The Bertz CT molecular complexity index is 1170. The summed E-state index contributed by atoms with van der Waals surface area (Å²) in [6.45, 7) is 0.295. The summed E-state index contributed by atoms with van der Waals surface area (Å²) in [6.07, 6.45) is 0.229. The predicted molar refractivity (Wildman–Crippen MR) is 120 cm³/mol. The number of thiophene rings is 1. The molecule has 1 aliphatic heterocycles. The number of carboxylic acid groups (broad SMARTS) is 1. The van der Waals surface area contributed by atoms with Crippen molar-refractivity contribution in [3.63, 3.8) is 0 Å². The first-order valence-electron chi connectivity index (χ1n) is 9.74. The van der Waals surface area contributed by atoms with Crippen LogP contribution in [0.1, 0.15) is 18.4 Å². The molecule has 4 rings (SSSR count). The number of aromatic nitrogens is 2. The molecule has 2 unspecified atom stereocenters. The number of carboxylic acids is 1. The van der Waals surface area contributed by atoms with Gasteiger partial charge in [-0.2, -0.15) is 0 Å². The lowest BCUT2D eigenvalue weighted by Crippen LogP contribution is -2.63. The molecular weight excluding hydrogens is 458 g/mol. The summed E-state index contributed by atoms with van der Waals surface area (Å²) in [4.78, 5) is 34.6. The number of nitro groups is 1. The molecule has 3 aromatic rings. The second-order valence-electron chi connectivity index (χ2n) is 7.47. The van der Waals surface area contributed by atoms with Gasteiger partial charge in [0, 0.05) is 29.6 Å². The Balaban J connectivity index is 1.57. The molecule has 0 bridgehead atoms. The molecule has 1 aliphatic rings. The van der Waals surface area contributed by atoms with Gasteiger partial charge in [0.1, 0.15) is 16.1 Å². The van der Waals surface area contributed by atoms with Crippen molar-refractivity contribution in [3.8, 4) is 5.75 Å². The van der Waals surface area contributed by atoms with E-state index in [0.29, 0.717) is 10.8 Å². The summed E-state index contributed by atoms with van der Waals surface area (Å²) in [6, 6.07) is 6.99. The fourth-order valence-corrected chi connectivity index (χ4v) is 4.83. The van der Waals surface area contributed by atoms with Crippen molar-refractivity contribution >= 4 is 45.1 Å². The van der Waals surface area contributed by atoms with E-state index in [0.717, 1.165) is 15.8 Å². The largest absolute Gasteiger partial charge is 0.495 e. The summed E-state index contributed by atoms with van der Waals surface area (Å²) in [5, 5.41) is 28.1. The number of methoxy groups -OCH3 is 1. The van der Waals surface area contributed by atoms with Crippen LogP contribution in [0.15, 0.2) is 35.8 Å². The average Bonchev–Trinajstić information content (AvgIpc) is 3.25. The molecular formula is C20H20ClN5O5S. The fraction of sp³-hybridized carbons (Fsp3) is 0.350. The van der Waals surface area contributed by atoms with Gasteiger partial charge in [0.05, 0.1) is 18.6 Å². The standard InChI is InChI=1S/C20H20ClN5O5S/c1-31-15-3-2-12(8-14(15)21)10-23-20(18(27)28)5-6-25(16(9-20)26(29)30)19-22-11-13-4-7-32-17(13)24-19/h2-4,7-8,11,16,23H,5-6,9-10H2,1H3,(H,27,28). The zero-order chi connectivity index (χ0) is 22.9. The molecule has 32 heavy (non-hydrogen) atoms. The quantitative estimate of drug-likeness (QED) is 0.389. The van der Waals surface area contributed by atoms with Crippen LogP contribution in [-0.4, -0.2) is 51.3 Å². The van der Waals surface area contributed by atoms with Crippen LogP contribution in [0.25, 0.3) is 10.2 Å². The van der Waals surface area contributed by atoms with Gasteiger partial charge < -0.3 is 9.84 Å². The van der Waals surface area contributed by atoms with Crippen LogP contribution in [0, 0.1) is 10.1 Å². The normalized spacial score (nSPS) is 20.9. The number of rotatable bonds is 7. The number of hydrogen-bond donors (Lipinski definition) is 2. The van der Waals surface area contributed by atoms with Gasteiger partial charge in [0.2, 0.25) is 5.95 Å². The van der Waals surface area contributed by atoms with Gasteiger partial charge in [-0.25, -0.2) is 9.97 Å². The monoisotopic (exact) mass is 477 g/mol. The van der Waals surface area contributed by atoms with Crippen molar-refractivity contribution in [2.24, 2.45) is 0 Å². The van der Waals surface area contributed by atoms with Crippen molar-refractivity contribution in [3.05, 3.63) is 56.5 Å². The van der Waals surface area contributed by atoms with Gasteiger partial charge in [-0.1, -0.05) is 17.7 Å². The minimum atomic E-state index is -1.48. The zero-order valence-electron chi connectivity index (χ0n) is 17.0. The number of carbonyl (C=O) groups is 1. The van der Waals surface area contributed by atoms with E-state index < -0.39 is 22.6 Å². The maximum Gasteiger partial charge on any atom is 0.324 e. The lowest BCUT2D eigenvalue weighted by atomic mass is 9.85. The van der Waals surface area contributed by atoms with Crippen LogP contribution >= 0.6 is 22.9 Å². The first-order valence-corrected chi connectivity index (χ1v) is 11.0. The Morgan fingerprint density at radius 2 is 2.31 bits per heavy atom. The second kappa shape index (κ2) is 8.85. The molecule has 1 fully saturated rings. The lowest BCUT2D eigenvalue weighted by molar-refractivity contribution is -0.526. The third-order valence-electron chi connectivity index (χ3n) is 5.62. The molecule has 0 saturated carbocycles. The molecule has 0 aliphatic carbocycles. The van der Waals surface area contributed by atoms with Crippen molar-refractivity contribution < 1.29 is 19.6 Å². The topological polar surface area (TPSA) is 131 Å². The lowest BCUT2D eigenvalue weighted by Gasteiger charge is -2.40. The molecule has 1 aromatic carbocycles. The molecule has 0 spiro atoms. The Morgan fingerprint density at radius 1 is 1.50 bits per heavy atom. The number of piperidine rings is 1. The van der Waals surface area contributed by atoms with Gasteiger partial charge in [-0.05, 0) is 35.6 Å². The Labute approximate surface area is 191 Å². The molecule has 168 valence electrons. The SMILES string of the molecule is COc1ccc(CNC2(C(=O)O)CCN(c3ncc4ccsc4n3)C([N+](=O)[O-])C2)cc1Cl. The first kappa shape index (κ1) is 22.2. The third kappa shape index (κ3) is 4.18. The molecule has 2 aromatic heterocycles. The highest BCUT2D eigenvalue weighted by Crippen LogP contribution is 2.32. The van der Waals surface area contributed by atoms with Crippen LogP contribution < -0.4 is 15.0 Å².